The molecule has 0 saturated heterocycles. The highest BCUT2D eigenvalue weighted by molar-refractivity contribution is 7.07. The van der Waals surface area contributed by atoms with Crippen LogP contribution in [0.25, 0.3) is 0 Å². The molecule has 132 valence electrons. The summed E-state index contributed by atoms with van der Waals surface area (Å²) in [6.45, 7) is 0. The fourth-order valence-corrected chi connectivity index (χ4v) is 7.04. The van der Waals surface area contributed by atoms with Crippen molar-refractivity contribution in [3.63, 3.8) is 0 Å². The van der Waals surface area contributed by atoms with Crippen molar-refractivity contribution < 1.29 is 9.22 Å². The first-order valence-corrected chi connectivity index (χ1v) is 11.2. The molecule has 3 rings (SSSR count). The Morgan fingerprint density at radius 2 is 1.12 bits per heavy atom. The summed E-state index contributed by atoms with van der Waals surface area (Å²) in [5.41, 5.74) is 0. The Morgan fingerprint density at radius 1 is 0.731 bits per heavy atom. The zero-order valence-corrected chi connectivity index (χ0v) is 16.2. The Morgan fingerprint density at radius 3 is 1.46 bits per heavy atom. The highest BCUT2D eigenvalue weighted by Gasteiger charge is 2.45. The van der Waals surface area contributed by atoms with Gasteiger partial charge in [0.1, 0.15) is 0 Å². The van der Waals surface area contributed by atoms with Crippen LogP contribution in [0.4, 0.5) is 0 Å². The maximum absolute atomic E-state index is 12.7. The second-order valence-electron chi connectivity index (χ2n) is 6.05. The molecular weight excluding hydrogens is 360 g/mol. The van der Waals surface area contributed by atoms with Gasteiger partial charge in [0, 0.05) is 12.3 Å². The molecule has 0 unspecified atom stereocenters. The lowest BCUT2D eigenvalue weighted by Crippen LogP contribution is -2.70. The van der Waals surface area contributed by atoms with Crippen molar-refractivity contribution in [3.8, 4) is 0 Å². The van der Waals surface area contributed by atoms with E-state index in [2.05, 4.69) is 36.4 Å². The molecule has 0 atom stereocenters. The maximum Gasteiger partial charge on any atom is 0.350 e. The van der Waals surface area contributed by atoms with Crippen LogP contribution < -0.4 is 15.6 Å². The van der Waals surface area contributed by atoms with Gasteiger partial charge in [-0.1, -0.05) is 91.0 Å². The smallest absolute Gasteiger partial charge is 0.350 e. The van der Waals surface area contributed by atoms with E-state index in [0.717, 1.165) is 15.6 Å². The summed E-state index contributed by atoms with van der Waals surface area (Å²) in [6.07, 6.45) is 0.938. The largest absolute Gasteiger partial charge is 0.506 e. The topological polar surface area (TPSA) is 26.3 Å². The van der Waals surface area contributed by atoms with Crippen LogP contribution in [-0.4, -0.2) is 20.2 Å². The first-order chi connectivity index (χ1) is 12.8. The molecule has 0 spiro atoms. The van der Waals surface area contributed by atoms with E-state index in [1.807, 2.05) is 54.6 Å². The molecule has 0 amide bonds. The average Bonchev–Trinajstić information content (AvgIpc) is 2.72. The van der Waals surface area contributed by atoms with E-state index in [1.165, 1.54) is 0 Å². The van der Waals surface area contributed by atoms with Gasteiger partial charge in [-0.05, 0) is 22.0 Å². The van der Waals surface area contributed by atoms with Gasteiger partial charge in [0.15, 0.2) is 0 Å². The number of halogens is 1. The molecule has 0 radical (unpaired) electrons. The molecule has 0 N–H and O–H groups in total. The number of benzene rings is 3. The zero-order chi connectivity index (χ0) is 18.2. The van der Waals surface area contributed by atoms with E-state index >= 15 is 0 Å². The third-order valence-corrected chi connectivity index (χ3v) is 8.56. The minimum Gasteiger partial charge on any atom is -0.506 e. The lowest BCUT2D eigenvalue weighted by molar-refractivity contribution is -0.134. The predicted octanol–water partition coefficient (Wildman–Crippen LogP) is 3.22. The second kappa shape index (κ2) is 8.83. The fourth-order valence-electron chi connectivity index (χ4n) is 3.13. The minimum absolute atomic E-state index is 0.200. The molecule has 0 saturated carbocycles. The van der Waals surface area contributed by atoms with Crippen molar-refractivity contribution in [2.75, 3.05) is 5.88 Å². The lowest BCUT2D eigenvalue weighted by atomic mass is 10.3. The van der Waals surface area contributed by atoms with Crippen LogP contribution in [0.3, 0.4) is 0 Å². The first-order valence-electron chi connectivity index (χ1n) is 8.72. The van der Waals surface area contributed by atoms with Crippen molar-refractivity contribution in [2.45, 2.75) is 12.8 Å². The highest BCUT2D eigenvalue weighted by Crippen LogP contribution is 2.11. The van der Waals surface area contributed by atoms with Crippen LogP contribution in [0.5, 0.6) is 0 Å². The van der Waals surface area contributed by atoms with E-state index in [-0.39, 0.29) is 5.97 Å². The summed E-state index contributed by atoms with van der Waals surface area (Å²) in [5, 5.41) is 3.16. The Labute approximate surface area is 160 Å². The van der Waals surface area contributed by atoms with Gasteiger partial charge in [0.25, 0.3) is 5.97 Å². The van der Waals surface area contributed by atoms with E-state index in [1.54, 1.807) is 0 Å². The quantitative estimate of drug-likeness (QED) is 0.357. The Kier molecular flexibility index (Phi) is 6.26. The summed E-state index contributed by atoms with van der Waals surface area (Å²) in [6, 6.07) is 30.3. The van der Waals surface area contributed by atoms with E-state index < -0.39 is 8.32 Å². The predicted molar refractivity (Wildman–Crippen MR) is 110 cm³/mol. The molecule has 26 heavy (non-hydrogen) atoms. The van der Waals surface area contributed by atoms with Gasteiger partial charge in [-0.2, -0.15) is 0 Å². The van der Waals surface area contributed by atoms with Crippen molar-refractivity contribution in [3.05, 3.63) is 91.0 Å². The van der Waals surface area contributed by atoms with Gasteiger partial charge >= 0.3 is 8.32 Å². The number of alkyl halides is 1. The molecule has 0 bridgehead atoms. The number of carbonyl (C=O) groups excluding carboxylic acids is 1. The van der Waals surface area contributed by atoms with Gasteiger partial charge < -0.3 is 4.43 Å². The standard InChI is InChI=1S/C22H21ClO2Si/c23-18-10-17-22(24)25-26(19-11-4-1-5-12-19,20-13-6-2-7-14-20)21-15-8-3-9-16-21/h1-9,11-16H,10,17-18H2. The van der Waals surface area contributed by atoms with Crippen LogP contribution in [0, 0.1) is 0 Å². The molecule has 0 aromatic heterocycles. The first kappa shape index (κ1) is 18.4. The number of hydrogen-bond donors (Lipinski definition) is 0. The lowest BCUT2D eigenvalue weighted by Gasteiger charge is -2.32. The minimum atomic E-state index is -2.93. The Hall–Kier alpha value is -2.36. The summed E-state index contributed by atoms with van der Waals surface area (Å²) in [5.74, 6) is 0.250. The van der Waals surface area contributed by atoms with Crippen molar-refractivity contribution >= 4 is 41.4 Å². The third kappa shape index (κ3) is 3.90. The molecule has 2 nitrogen and oxygen atoms in total. The molecular formula is C22H21ClO2Si. The molecule has 3 aromatic carbocycles. The monoisotopic (exact) mass is 380 g/mol. The van der Waals surface area contributed by atoms with Crippen molar-refractivity contribution in [2.24, 2.45) is 0 Å². The summed E-state index contributed by atoms with van der Waals surface area (Å²) >= 11 is 5.77. The molecule has 3 aromatic rings. The number of hydrogen-bond acceptors (Lipinski definition) is 2. The van der Waals surface area contributed by atoms with E-state index in [9.17, 15) is 4.79 Å². The summed E-state index contributed by atoms with van der Waals surface area (Å²) in [4.78, 5) is 12.7. The molecule has 0 aliphatic rings. The number of rotatable bonds is 7. The van der Waals surface area contributed by atoms with Crippen LogP contribution >= 0.6 is 11.6 Å². The van der Waals surface area contributed by atoms with Crippen LogP contribution in [0.1, 0.15) is 12.8 Å². The third-order valence-electron chi connectivity index (χ3n) is 4.32. The van der Waals surface area contributed by atoms with Gasteiger partial charge in [-0.15, -0.1) is 11.6 Å². The van der Waals surface area contributed by atoms with Crippen LogP contribution in [0.2, 0.25) is 0 Å². The van der Waals surface area contributed by atoms with Crippen LogP contribution in [-0.2, 0) is 9.22 Å². The fraction of sp³-hybridized carbons (Fsp3) is 0.136. The molecule has 4 heteroatoms. The Balaban J connectivity index is 2.19. The number of carbonyl (C=O) groups is 1. The van der Waals surface area contributed by atoms with E-state index in [0.29, 0.717) is 18.7 Å². The van der Waals surface area contributed by atoms with Gasteiger partial charge in [-0.25, -0.2) is 0 Å². The molecule has 0 fully saturated rings. The highest BCUT2D eigenvalue weighted by atomic mass is 35.5. The average molecular weight is 381 g/mol. The SMILES string of the molecule is O=C(CCCCl)O[Si](c1ccccc1)(c1ccccc1)c1ccccc1. The molecule has 0 aliphatic heterocycles. The Bertz CT molecular complexity index is 726. The zero-order valence-electron chi connectivity index (χ0n) is 14.5. The molecule has 0 heterocycles. The van der Waals surface area contributed by atoms with E-state index in [4.69, 9.17) is 16.0 Å². The summed E-state index contributed by atoms with van der Waals surface area (Å²) in [7, 11) is -2.93. The molecule has 0 aliphatic carbocycles. The van der Waals surface area contributed by atoms with Crippen LogP contribution in [0.15, 0.2) is 91.0 Å². The van der Waals surface area contributed by atoms with Gasteiger partial charge in [0.05, 0.1) is 0 Å². The second-order valence-corrected chi connectivity index (χ2v) is 9.72. The maximum atomic E-state index is 12.7. The van der Waals surface area contributed by atoms with Gasteiger partial charge in [-0.3, -0.25) is 4.79 Å². The normalized spacial score (nSPS) is 11.1. The summed E-state index contributed by atoms with van der Waals surface area (Å²) < 4.78 is 6.34. The van der Waals surface area contributed by atoms with Crippen molar-refractivity contribution in [1.82, 2.24) is 0 Å². The van der Waals surface area contributed by atoms with Crippen molar-refractivity contribution in [1.29, 1.82) is 0 Å². The van der Waals surface area contributed by atoms with Gasteiger partial charge in [0.2, 0.25) is 0 Å².